The fourth-order valence-electron chi connectivity index (χ4n) is 2.89. The first-order chi connectivity index (χ1) is 8.94. The van der Waals surface area contributed by atoms with Crippen molar-refractivity contribution < 1.29 is 9.53 Å². The minimum atomic E-state index is -0.498. The van der Waals surface area contributed by atoms with Crippen molar-refractivity contribution in [3.05, 3.63) is 0 Å². The number of nitrogens with two attached hydrogens (primary N) is 1. The molecule has 4 heteroatoms. The van der Waals surface area contributed by atoms with Gasteiger partial charge >= 0.3 is 5.97 Å². The summed E-state index contributed by atoms with van der Waals surface area (Å²) in [6.45, 7) is 9.97. The highest BCUT2D eigenvalue weighted by molar-refractivity contribution is 5.75. The van der Waals surface area contributed by atoms with E-state index < -0.39 is 6.04 Å². The molecule has 1 saturated heterocycles. The Morgan fingerprint density at radius 1 is 1.26 bits per heavy atom. The van der Waals surface area contributed by atoms with Gasteiger partial charge in [-0.25, -0.2) is 0 Å². The third-order valence-corrected chi connectivity index (χ3v) is 3.71. The minimum absolute atomic E-state index is 0.0521. The molecule has 1 aliphatic rings. The van der Waals surface area contributed by atoms with Crippen LogP contribution in [0.2, 0.25) is 0 Å². The quantitative estimate of drug-likeness (QED) is 0.752. The lowest BCUT2D eigenvalue weighted by molar-refractivity contribution is -0.145. The fraction of sp³-hybridized carbons (Fsp3) is 0.933. The van der Waals surface area contributed by atoms with Crippen LogP contribution in [0, 0.1) is 5.41 Å². The lowest BCUT2D eigenvalue weighted by atomic mass is 9.85. The maximum atomic E-state index is 11.6. The summed E-state index contributed by atoms with van der Waals surface area (Å²) < 4.78 is 4.98. The van der Waals surface area contributed by atoms with E-state index in [9.17, 15) is 4.79 Å². The van der Waals surface area contributed by atoms with Crippen molar-refractivity contribution in [2.24, 2.45) is 11.1 Å². The van der Waals surface area contributed by atoms with E-state index in [1.165, 1.54) is 38.8 Å². The number of ether oxygens (including phenoxy) is 1. The third-order valence-electron chi connectivity index (χ3n) is 3.71. The van der Waals surface area contributed by atoms with Crippen LogP contribution >= 0.6 is 0 Å². The maximum absolute atomic E-state index is 11.6. The zero-order valence-corrected chi connectivity index (χ0v) is 12.8. The molecular formula is C15H30N2O2. The first-order valence-electron chi connectivity index (χ1n) is 7.59. The molecule has 0 aromatic carbocycles. The van der Waals surface area contributed by atoms with Crippen LogP contribution in [0.1, 0.15) is 52.9 Å². The van der Waals surface area contributed by atoms with Gasteiger partial charge < -0.3 is 15.4 Å². The summed E-state index contributed by atoms with van der Waals surface area (Å²) in [4.78, 5) is 14.1. The zero-order valence-electron chi connectivity index (χ0n) is 12.8. The number of nitrogens with zero attached hydrogens (tertiary/aromatic N) is 1. The Balaban J connectivity index is 2.43. The smallest absolute Gasteiger partial charge is 0.322 e. The summed E-state index contributed by atoms with van der Waals surface area (Å²) in [5.74, 6) is -0.272. The summed E-state index contributed by atoms with van der Waals surface area (Å²) in [5, 5.41) is 0. The van der Waals surface area contributed by atoms with Crippen molar-refractivity contribution in [2.45, 2.75) is 58.9 Å². The Hall–Kier alpha value is -0.610. The van der Waals surface area contributed by atoms with E-state index in [0.29, 0.717) is 13.0 Å². The maximum Gasteiger partial charge on any atom is 0.322 e. The van der Waals surface area contributed by atoms with Gasteiger partial charge in [0, 0.05) is 6.54 Å². The summed E-state index contributed by atoms with van der Waals surface area (Å²) in [7, 11) is 0. The van der Waals surface area contributed by atoms with Crippen LogP contribution in [0.5, 0.6) is 0 Å². The van der Waals surface area contributed by atoms with Crippen LogP contribution in [-0.4, -0.2) is 43.2 Å². The molecule has 1 heterocycles. The molecule has 0 aromatic heterocycles. The van der Waals surface area contributed by atoms with E-state index >= 15 is 0 Å². The average molecular weight is 270 g/mol. The van der Waals surface area contributed by atoms with Crippen molar-refractivity contribution >= 4 is 5.97 Å². The molecule has 0 aromatic rings. The standard InChI is InChI=1S/C15H30N2O2/c1-4-19-14(18)13(16)11-15(2,3)12-17-9-7-5-6-8-10-17/h13H,4-12,16H2,1-3H3. The van der Waals surface area contributed by atoms with Crippen LogP contribution < -0.4 is 5.73 Å². The van der Waals surface area contributed by atoms with Crippen LogP contribution in [0.4, 0.5) is 0 Å². The van der Waals surface area contributed by atoms with E-state index in [0.717, 1.165) is 6.54 Å². The van der Waals surface area contributed by atoms with Gasteiger partial charge in [0.05, 0.1) is 6.61 Å². The molecule has 0 aliphatic carbocycles. The van der Waals surface area contributed by atoms with Crippen LogP contribution in [0.3, 0.4) is 0 Å². The normalized spacial score (nSPS) is 19.8. The molecule has 1 fully saturated rings. The second-order valence-corrected chi connectivity index (χ2v) is 6.42. The van der Waals surface area contributed by atoms with Crippen molar-refractivity contribution in [1.29, 1.82) is 0 Å². The van der Waals surface area contributed by atoms with Gasteiger partial charge in [0.15, 0.2) is 0 Å². The highest BCUT2D eigenvalue weighted by Crippen LogP contribution is 2.25. The van der Waals surface area contributed by atoms with E-state index in [1.807, 2.05) is 6.92 Å². The van der Waals surface area contributed by atoms with E-state index in [2.05, 4.69) is 18.7 Å². The van der Waals surface area contributed by atoms with Crippen LogP contribution in [0.25, 0.3) is 0 Å². The van der Waals surface area contributed by atoms with Crippen molar-refractivity contribution in [3.8, 4) is 0 Å². The molecular weight excluding hydrogens is 240 g/mol. The van der Waals surface area contributed by atoms with Gasteiger partial charge in [-0.1, -0.05) is 26.7 Å². The van der Waals surface area contributed by atoms with E-state index in [1.54, 1.807) is 0 Å². The monoisotopic (exact) mass is 270 g/mol. The van der Waals surface area contributed by atoms with Crippen molar-refractivity contribution in [1.82, 2.24) is 4.90 Å². The van der Waals surface area contributed by atoms with Gasteiger partial charge in [0.2, 0.25) is 0 Å². The van der Waals surface area contributed by atoms with Crippen molar-refractivity contribution in [3.63, 3.8) is 0 Å². The lowest BCUT2D eigenvalue weighted by Gasteiger charge is -2.33. The Kier molecular flexibility index (Phi) is 6.80. The Bertz CT molecular complexity index is 271. The van der Waals surface area contributed by atoms with E-state index in [4.69, 9.17) is 10.5 Å². The van der Waals surface area contributed by atoms with Gasteiger partial charge in [0.1, 0.15) is 6.04 Å². The number of hydrogen-bond acceptors (Lipinski definition) is 4. The highest BCUT2D eigenvalue weighted by Gasteiger charge is 2.28. The van der Waals surface area contributed by atoms with Gasteiger partial charge in [-0.2, -0.15) is 0 Å². The molecule has 0 saturated carbocycles. The molecule has 1 atom stereocenters. The lowest BCUT2D eigenvalue weighted by Crippen LogP contribution is -2.42. The first-order valence-corrected chi connectivity index (χ1v) is 7.59. The Labute approximate surface area is 117 Å². The predicted octanol–water partition coefficient (Wildman–Crippen LogP) is 2.17. The number of esters is 1. The molecule has 112 valence electrons. The largest absolute Gasteiger partial charge is 0.465 e. The summed E-state index contributed by atoms with van der Waals surface area (Å²) in [6.07, 6.45) is 5.96. The van der Waals surface area contributed by atoms with Gasteiger partial charge in [-0.05, 0) is 44.7 Å². The SMILES string of the molecule is CCOC(=O)C(N)CC(C)(C)CN1CCCCCC1. The van der Waals surface area contributed by atoms with Gasteiger partial charge in [-0.3, -0.25) is 4.79 Å². The summed E-state index contributed by atoms with van der Waals surface area (Å²) in [5.41, 5.74) is 5.98. The minimum Gasteiger partial charge on any atom is -0.465 e. The molecule has 2 N–H and O–H groups in total. The fourth-order valence-corrected chi connectivity index (χ4v) is 2.89. The molecule has 1 unspecified atom stereocenters. The first kappa shape index (κ1) is 16.4. The van der Waals surface area contributed by atoms with Crippen LogP contribution in [0.15, 0.2) is 0 Å². The summed E-state index contributed by atoms with van der Waals surface area (Å²) in [6, 6.07) is -0.498. The molecule has 0 radical (unpaired) electrons. The zero-order chi connectivity index (χ0) is 14.3. The molecule has 0 bridgehead atoms. The Morgan fingerprint density at radius 2 is 1.84 bits per heavy atom. The number of likely N-dealkylation sites (tertiary alicyclic amines) is 1. The molecule has 0 amide bonds. The molecule has 1 aliphatic heterocycles. The highest BCUT2D eigenvalue weighted by atomic mass is 16.5. The second-order valence-electron chi connectivity index (χ2n) is 6.42. The number of rotatable bonds is 6. The molecule has 1 rings (SSSR count). The van der Waals surface area contributed by atoms with Crippen molar-refractivity contribution in [2.75, 3.05) is 26.2 Å². The number of carbonyl (C=O) groups excluding carboxylic acids is 1. The van der Waals surface area contributed by atoms with Gasteiger partial charge in [-0.15, -0.1) is 0 Å². The average Bonchev–Trinajstić information content (AvgIpc) is 2.56. The molecule has 0 spiro atoms. The van der Waals surface area contributed by atoms with Gasteiger partial charge in [0.25, 0.3) is 0 Å². The third kappa shape index (κ3) is 6.39. The molecule has 19 heavy (non-hydrogen) atoms. The summed E-state index contributed by atoms with van der Waals surface area (Å²) >= 11 is 0. The Morgan fingerprint density at radius 3 is 2.37 bits per heavy atom. The second kappa shape index (κ2) is 7.85. The van der Waals surface area contributed by atoms with Crippen LogP contribution in [-0.2, 0) is 9.53 Å². The predicted molar refractivity (Wildman–Crippen MR) is 77.9 cm³/mol. The van der Waals surface area contributed by atoms with E-state index in [-0.39, 0.29) is 11.4 Å². The topological polar surface area (TPSA) is 55.6 Å². The molecule has 4 nitrogen and oxygen atoms in total. The number of hydrogen-bond donors (Lipinski definition) is 1. The number of carbonyl (C=O) groups is 1.